The number of hydrogen-bond donors (Lipinski definition) is 2. The predicted octanol–water partition coefficient (Wildman–Crippen LogP) is 5.78. The van der Waals surface area contributed by atoms with Gasteiger partial charge < -0.3 is 15.0 Å². The third-order valence-corrected chi connectivity index (χ3v) is 10.0. The van der Waals surface area contributed by atoms with Crippen molar-refractivity contribution < 1.29 is 27.3 Å². The third-order valence-electron chi connectivity index (χ3n) is 7.74. The number of nitrogens with one attached hydrogen (secondary N) is 1. The topological polar surface area (TPSA) is 131 Å². The van der Waals surface area contributed by atoms with Gasteiger partial charge in [-0.15, -0.1) is 11.8 Å². The second kappa shape index (κ2) is 14.7. The van der Waals surface area contributed by atoms with E-state index in [1.807, 2.05) is 48.4 Å². The molecule has 0 aliphatic carbocycles. The lowest BCUT2D eigenvalue weighted by atomic mass is 10.1. The second-order valence-corrected chi connectivity index (χ2v) is 14.0. The fourth-order valence-electron chi connectivity index (χ4n) is 5.19. The van der Waals surface area contributed by atoms with E-state index in [4.69, 9.17) is 20.9 Å². The van der Waals surface area contributed by atoms with Gasteiger partial charge in [-0.25, -0.2) is 0 Å². The van der Waals surface area contributed by atoms with Crippen molar-refractivity contribution in [2.75, 3.05) is 36.1 Å². The molecule has 3 aromatic carbocycles. The number of thioether (sulfide) groups is 1. The molecule has 1 aliphatic rings. The van der Waals surface area contributed by atoms with Crippen LogP contribution in [0.4, 0.5) is 5.69 Å². The van der Waals surface area contributed by atoms with Crippen LogP contribution in [0.25, 0.3) is 11.1 Å². The zero-order chi connectivity index (χ0) is 32.8. The number of anilines is 1. The number of hydrogen-bond acceptors (Lipinski definition) is 7. The van der Waals surface area contributed by atoms with Gasteiger partial charge in [0.1, 0.15) is 5.75 Å². The third kappa shape index (κ3) is 8.11. The number of rotatable bonds is 12. The van der Waals surface area contributed by atoms with Crippen molar-refractivity contribution in [1.29, 1.82) is 0 Å². The number of nitrogens with zero attached hydrogens (tertiary/aromatic N) is 3. The van der Waals surface area contributed by atoms with Crippen LogP contribution in [0, 0.1) is 13.8 Å². The van der Waals surface area contributed by atoms with Crippen LogP contribution >= 0.6 is 23.4 Å². The summed E-state index contributed by atoms with van der Waals surface area (Å²) >= 11 is 8.27. The Labute approximate surface area is 277 Å². The lowest BCUT2D eigenvalue weighted by molar-refractivity contribution is -0.118. The molecule has 13 heteroatoms. The van der Waals surface area contributed by atoms with E-state index in [2.05, 4.69) is 23.4 Å². The number of fused-ring (bicyclic) bond motifs is 1. The van der Waals surface area contributed by atoms with Gasteiger partial charge in [-0.3, -0.25) is 18.8 Å². The van der Waals surface area contributed by atoms with Gasteiger partial charge in [0.2, 0.25) is 5.91 Å². The van der Waals surface area contributed by atoms with Crippen LogP contribution in [0.5, 0.6) is 5.75 Å². The van der Waals surface area contributed by atoms with Gasteiger partial charge >= 0.3 is 0 Å². The van der Waals surface area contributed by atoms with Gasteiger partial charge in [-0.2, -0.15) is 13.5 Å². The highest BCUT2D eigenvalue weighted by molar-refractivity contribution is 7.99. The van der Waals surface area contributed by atoms with Crippen molar-refractivity contribution in [1.82, 2.24) is 15.1 Å². The molecule has 46 heavy (non-hydrogen) atoms. The van der Waals surface area contributed by atoms with E-state index in [0.717, 1.165) is 38.8 Å². The molecule has 4 aromatic rings. The molecule has 0 bridgehead atoms. The highest BCUT2D eigenvalue weighted by Gasteiger charge is 2.25. The Hall–Kier alpha value is -3.84. The second-order valence-electron chi connectivity index (χ2n) is 10.9. The van der Waals surface area contributed by atoms with E-state index < -0.39 is 21.8 Å². The van der Waals surface area contributed by atoms with E-state index in [1.165, 1.54) is 5.56 Å². The van der Waals surface area contributed by atoms with Crippen molar-refractivity contribution in [3.8, 4) is 16.9 Å². The molecule has 0 saturated carbocycles. The molecule has 2 amide bonds. The van der Waals surface area contributed by atoms with Gasteiger partial charge in [0.15, 0.2) is 0 Å². The van der Waals surface area contributed by atoms with Gasteiger partial charge in [-0.05, 0) is 55.2 Å². The summed E-state index contributed by atoms with van der Waals surface area (Å²) in [5.74, 6) is 0.556. The van der Waals surface area contributed by atoms with E-state index in [-0.39, 0.29) is 23.0 Å². The summed E-state index contributed by atoms with van der Waals surface area (Å²) in [7, 11) is -4.20. The fourth-order valence-corrected chi connectivity index (χ4v) is 6.96. The summed E-state index contributed by atoms with van der Waals surface area (Å²) in [6, 6.07) is 16.9. The lowest BCUT2D eigenvalue weighted by Gasteiger charge is -2.30. The molecule has 10 nitrogen and oxygen atoms in total. The zero-order valence-corrected chi connectivity index (χ0v) is 27.9. The maximum Gasteiger partial charge on any atom is 0.266 e. The molecule has 1 aliphatic heterocycles. The number of aryl methyl sites for hydroxylation is 1. The van der Waals surface area contributed by atoms with Gasteiger partial charge in [-0.1, -0.05) is 48.0 Å². The average molecular weight is 683 g/mol. The first kappa shape index (κ1) is 33.5. The van der Waals surface area contributed by atoms with Crippen LogP contribution in [0.2, 0.25) is 5.02 Å². The van der Waals surface area contributed by atoms with Crippen molar-refractivity contribution in [2.45, 2.75) is 38.1 Å². The summed E-state index contributed by atoms with van der Waals surface area (Å²) in [6.45, 7) is 5.24. The molecule has 1 aromatic heterocycles. The van der Waals surface area contributed by atoms with E-state index in [9.17, 15) is 18.0 Å². The Morgan fingerprint density at radius 1 is 1.11 bits per heavy atom. The Kier molecular flexibility index (Phi) is 10.7. The molecular weight excluding hydrogens is 648 g/mol. The predicted molar refractivity (Wildman–Crippen MR) is 181 cm³/mol. The van der Waals surface area contributed by atoms with Gasteiger partial charge in [0.25, 0.3) is 16.0 Å². The highest BCUT2D eigenvalue weighted by Crippen LogP contribution is 2.42. The molecule has 0 spiro atoms. The number of benzene rings is 3. The monoisotopic (exact) mass is 682 g/mol. The Morgan fingerprint density at radius 2 is 1.89 bits per heavy atom. The molecule has 242 valence electrons. The number of amides is 2. The minimum atomic E-state index is -4.20. The largest absolute Gasteiger partial charge is 0.493 e. The standard InChI is InChI=1S/C33H35ClN4O6S2/c1-22-7-3-12-29(23(22)2)44-16-6-13-30(39)38-15-17-45-32-26(9-5-11-28(32)38)25-19-36-37(21-25)20-24-8-4-10-27(31(24)34)33(40)35-14-18-46(41,42)43/h3-5,7-12,19,21H,6,13-18,20H2,1-2H3,(H,35,40)(H,41,42,43). The first-order chi connectivity index (χ1) is 22.0. The summed E-state index contributed by atoms with van der Waals surface area (Å²) in [6.07, 6.45) is 4.67. The molecule has 2 heterocycles. The van der Waals surface area contributed by atoms with Gasteiger partial charge in [0.05, 0.1) is 41.4 Å². The van der Waals surface area contributed by atoms with E-state index in [1.54, 1.807) is 40.8 Å². The summed E-state index contributed by atoms with van der Waals surface area (Å²) in [5.41, 5.74) is 5.88. The molecule has 0 saturated heterocycles. The Balaban J connectivity index is 1.24. The SMILES string of the molecule is Cc1cccc(OCCCC(=O)N2CCSc3c(-c4cnn(Cc5cccc(C(=O)NCCS(=O)(=O)O)c5Cl)c4)cccc32)c1C. The molecule has 5 rings (SSSR count). The number of aromatic nitrogens is 2. The first-order valence-electron chi connectivity index (χ1n) is 14.8. The van der Waals surface area contributed by atoms with Crippen molar-refractivity contribution >= 4 is 51.0 Å². The van der Waals surface area contributed by atoms with E-state index in [0.29, 0.717) is 38.1 Å². The number of carbonyl (C=O) groups excluding carboxylic acids is 2. The van der Waals surface area contributed by atoms with Crippen LogP contribution in [0.1, 0.15) is 39.9 Å². The molecular formula is C33H35ClN4O6S2. The molecule has 0 unspecified atom stereocenters. The Bertz CT molecular complexity index is 1860. The zero-order valence-electron chi connectivity index (χ0n) is 25.5. The number of halogens is 1. The number of ether oxygens (including phenoxy) is 1. The molecule has 0 fully saturated rings. The van der Waals surface area contributed by atoms with Crippen molar-refractivity contribution in [3.05, 3.63) is 94.3 Å². The maximum atomic E-state index is 13.3. The van der Waals surface area contributed by atoms with Gasteiger partial charge in [0, 0.05) is 47.5 Å². The lowest BCUT2D eigenvalue weighted by Crippen LogP contribution is -2.35. The van der Waals surface area contributed by atoms with Crippen LogP contribution in [0.15, 0.2) is 71.9 Å². The Morgan fingerprint density at radius 3 is 2.70 bits per heavy atom. The first-order valence-corrected chi connectivity index (χ1v) is 17.8. The molecule has 2 N–H and O–H groups in total. The number of carbonyl (C=O) groups is 2. The van der Waals surface area contributed by atoms with Crippen LogP contribution in [-0.2, 0) is 21.5 Å². The van der Waals surface area contributed by atoms with Crippen molar-refractivity contribution in [2.24, 2.45) is 0 Å². The maximum absolute atomic E-state index is 13.3. The molecule has 0 radical (unpaired) electrons. The minimum Gasteiger partial charge on any atom is -0.493 e. The summed E-state index contributed by atoms with van der Waals surface area (Å²) in [5, 5.41) is 7.21. The van der Waals surface area contributed by atoms with E-state index >= 15 is 0 Å². The fraction of sp³-hybridized carbons (Fsp3) is 0.303. The quantitative estimate of drug-likeness (QED) is 0.142. The van der Waals surface area contributed by atoms with Crippen molar-refractivity contribution in [3.63, 3.8) is 0 Å². The van der Waals surface area contributed by atoms with Crippen LogP contribution in [0.3, 0.4) is 0 Å². The average Bonchev–Trinajstić information content (AvgIpc) is 3.49. The smallest absolute Gasteiger partial charge is 0.266 e. The molecule has 0 atom stereocenters. The van der Waals surface area contributed by atoms with Crippen LogP contribution < -0.4 is 15.0 Å². The normalized spacial score (nSPS) is 12.9. The summed E-state index contributed by atoms with van der Waals surface area (Å²) < 4.78 is 38.5. The minimum absolute atomic E-state index is 0.0653. The van der Waals surface area contributed by atoms with Crippen LogP contribution in [-0.4, -0.2) is 65.8 Å². The highest BCUT2D eigenvalue weighted by atomic mass is 35.5. The summed E-state index contributed by atoms with van der Waals surface area (Å²) in [4.78, 5) is 28.8.